The lowest BCUT2D eigenvalue weighted by Crippen LogP contribution is -2.30. The van der Waals surface area contributed by atoms with Crippen LogP contribution in [0.15, 0.2) is 23.1 Å². The monoisotopic (exact) mass is 346 g/mol. The molecule has 2 rings (SSSR count). The SMILES string of the molecule is C[C@@H]1CN(S(=O)(=O)c2cc(Cl)cc(C(N)=O)c2)C[C@H]1C(=O)O. The molecule has 0 aliphatic carbocycles. The van der Waals surface area contributed by atoms with Crippen molar-refractivity contribution in [2.24, 2.45) is 17.6 Å². The van der Waals surface area contributed by atoms with Gasteiger partial charge in [-0.2, -0.15) is 4.31 Å². The fourth-order valence-electron chi connectivity index (χ4n) is 2.44. The van der Waals surface area contributed by atoms with Crippen LogP contribution >= 0.6 is 11.6 Å². The van der Waals surface area contributed by atoms with Crippen LogP contribution in [0, 0.1) is 11.8 Å². The van der Waals surface area contributed by atoms with Crippen molar-refractivity contribution in [3.8, 4) is 0 Å². The number of amides is 1. The van der Waals surface area contributed by atoms with E-state index in [2.05, 4.69) is 0 Å². The van der Waals surface area contributed by atoms with Crippen LogP contribution in [0.4, 0.5) is 0 Å². The molecule has 1 aromatic rings. The third-order valence-electron chi connectivity index (χ3n) is 3.69. The van der Waals surface area contributed by atoms with Gasteiger partial charge in [0.1, 0.15) is 0 Å². The van der Waals surface area contributed by atoms with Crippen LogP contribution < -0.4 is 5.73 Å². The Labute approximate surface area is 132 Å². The van der Waals surface area contributed by atoms with Gasteiger partial charge in [-0.1, -0.05) is 18.5 Å². The maximum absolute atomic E-state index is 12.6. The van der Waals surface area contributed by atoms with Gasteiger partial charge >= 0.3 is 5.97 Å². The molecule has 0 unspecified atom stereocenters. The number of rotatable bonds is 4. The van der Waals surface area contributed by atoms with Gasteiger partial charge < -0.3 is 10.8 Å². The van der Waals surface area contributed by atoms with Gasteiger partial charge in [0.05, 0.1) is 10.8 Å². The van der Waals surface area contributed by atoms with Gasteiger partial charge in [0.25, 0.3) is 0 Å². The van der Waals surface area contributed by atoms with Crippen molar-refractivity contribution in [3.63, 3.8) is 0 Å². The first-order valence-corrected chi connectivity index (χ1v) is 8.28. The molecule has 120 valence electrons. The van der Waals surface area contributed by atoms with Crippen LogP contribution in [0.2, 0.25) is 5.02 Å². The molecule has 22 heavy (non-hydrogen) atoms. The molecule has 1 aromatic carbocycles. The van der Waals surface area contributed by atoms with Gasteiger partial charge in [-0.05, 0) is 24.1 Å². The normalized spacial score (nSPS) is 22.6. The number of aliphatic carboxylic acids is 1. The highest BCUT2D eigenvalue weighted by Crippen LogP contribution is 2.30. The number of carboxylic acids is 1. The molecule has 0 saturated carbocycles. The standard InChI is InChI=1S/C13H15ClN2O5S/c1-7-5-16(6-11(7)13(18)19)22(20,21)10-3-8(12(15)17)2-9(14)4-10/h2-4,7,11H,5-6H2,1H3,(H2,15,17)(H,18,19)/t7-,11-/m1/s1. The van der Waals surface area contributed by atoms with Gasteiger partial charge in [-0.25, -0.2) is 8.42 Å². The number of carboxylic acid groups (broad SMARTS) is 1. The number of primary amides is 1. The zero-order valence-corrected chi connectivity index (χ0v) is 13.3. The van der Waals surface area contributed by atoms with Gasteiger partial charge in [0.2, 0.25) is 15.9 Å². The summed E-state index contributed by atoms with van der Waals surface area (Å²) in [6.07, 6.45) is 0. The molecule has 0 spiro atoms. The predicted molar refractivity (Wildman–Crippen MR) is 79.0 cm³/mol. The summed E-state index contributed by atoms with van der Waals surface area (Å²) in [5, 5.41) is 9.16. The molecular formula is C13H15ClN2O5S. The quantitative estimate of drug-likeness (QED) is 0.835. The molecule has 9 heteroatoms. The van der Waals surface area contributed by atoms with Crippen LogP contribution in [0.25, 0.3) is 0 Å². The second kappa shape index (κ2) is 5.86. The molecule has 1 fully saturated rings. The van der Waals surface area contributed by atoms with E-state index in [-0.39, 0.29) is 34.5 Å². The van der Waals surface area contributed by atoms with Crippen LogP contribution in [0.3, 0.4) is 0 Å². The predicted octanol–water partition coefficient (Wildman–Crippen LogP) is 0.780. The van der Waals surface area contributed by atoms with Crippen molar-refractivity contribution >= 4 is 33.5 Å². The number of sulfonamides is 1. The van der Waals surface area contributed by atoms with E-state index in [1.54, 1.807) is 6.92 Å². The Hall–Kier alpha value is -1.64. The molecule has 1 aliphatic heterocycles. The fraction of sp³-hybridized carbons (Fsp3) is 0.385. The van der Waals surface area contributed by atoms with E-state index in [1.807, 2.05) is 0 Å². The Morgan fingerprint density at radius 2 is 1.95 bits per heavy atom. The van der Waals surface area contributed by atoms with Crippen molar-refractivity contribution in [3.05, 3.63) is 28.8 Å². The number of hydrogen-bond acceptors (Lipinski definition) is 4. The highest BCUT2D eigenvalue weighted by Gasteiger charge is 2.40. The Bertz CT molecular complexity index is 734. The smallest absolute Gasteiger partial charge is 0.308 e. The van der Waals surface area contributed by atoms with E-state index >= 15 is 0 Å². The third-order valence-corrected chi connectivity index (χ3v) is 5.72. The molecule has 1 aliphatic rings. The summed E-state index contributed by atoms with van der Waals surface area (Å²) < 4.78 is 26.3. The second-order valence-electron chi connectivity index (χ2n) is 5.28. The average Bonchev–Trinajstić information content (AvgIpc) is 2.81. The van der Waals surface area contributed by atoms with Gasteiger partial charge in [0, 0.05) is 23.7 Å². The first-order valence-electron chi connectivity index (χ1n) is 6.46. The highest BCUT2D eigenvalue weighted by molar-refractivity contribution is 7.89. The average molecular weight is 347 g/mol. The minimum absolute atomic E-state index is 0.0203. The number of halogens is 1. The zero-order valence-electron chi connectivity index (χ0n) is 11.7. The van der Waals surface area contributed by atoms with Crippen LogP contribution in [0.1, 0.15) is 17.3 Å². The topological polar surface area (TPSA) is 118 Å². The number of nitrogens with two attached hydrogens (primary N) is 1. The fourth-order valence-corrected chi connectivity index (χ4v) is 4.38. The van der Waals surface area contributed by atoms with Crippen molar-refractivity contribution in [1.29, 1.82) is 0 Å². The first kappa shape index (κ1) is 16.7. The number of carbonyl (C=O) groups excluding carboxylic acids is 1. The molecule has 1 saturated heterocycles. The summed E-state index contributed by atoms with van der Waals surface area (Å²) in [7, 11) is -3.94. The molecular weight excluding hydrogens is 332 g/mol. The van der Waals surface area contributed by atoms with Gasteiger partial charge in [-0.15, -0.1) is 0 Å². The summed E-state index contributed by atoms with van der Waals surface area (Å²) in [5.74, 6) is -2.89. The maximum Gasteiger partial charge on any atom is 0.308 e. The Morgan fingerprint density at radius 3 is 2.45 bits per heavy atom. The van der Waals surface area contributed by atoms with Crippen molar-refractivity contribution in [2.75, 3.05) is 13.1 Å². The van der Waals surface area contributed by atoms with E-state index in [1.165, 1.54) is 12.1 Å². The molecule has 0 aromatic heterocycles. The maximum atomic E-state index is 12.6. The van der Waals surface area contributed by atoms with E-state index < -0.39 is 27.8 Å². The third kappa shape index (κ3) is 3.08. The summed E-state index contributed by atoms with van der Waals surface area (Å²) in [6.45, 7) is 1.66. The second-order valence-corrected chi connectivity index (χ2v) is 7.66. The lowest BCUT2D eigenvalue weighted by Gasteiger charge is -2.16. The van der Waals surface area contributed by atoms with Crippen molar-refractivity contribution in [1.82, 2.24) is 4.31 Å². The lowest BCUT2D eigenvalue weighted by molar-refractivity contribution is -0.142. The summed E-state index contributed by atoms with van der Waals surface area (Å²) in [5.41, 5.74) is 5.13. The van der Waals surface area contributed by atoms with E-state index in [0.29, 0.717) is 0 Å². The summed E-state index contributed by atoms with van der Waals surface area (Å²) in [4.78, 5) is 22.2. The Morgan fingerprint density at radius 1 is 1.32 bits per heavy atom. The molecule has 7 nitrogen and oxygen atoms in total. The molecule has 0 radical (unpaired) electrons. The minimum Gasteiger partial charge on any atom is -0.481 e. The van der Waals surface area contributed by atoms with Gasteiger partial charge in [0.15, 0.2) is 0 Å². The number of benzene rings is 1. The first-order chi connectivity index (χ1) is 10.1. The lowest BCUT2D eigenvalue weighted by atomic mass is 9.99. The zero-order chi connectivity index (χ0) is 16.7. The van der Waals surface area contributed by atoms with Crippen molar-refractivity contribution in [2.45, 2.75) is 11.8 Å². The largest absolute Gasteiger partial charge is 0.481 e. The Balaban J connectivity index is 2.40. The van der Waals surface area contributed by atoms with Crippen molar-refractivity contribution < 1.29 is 23.1 Å². The minimum atomic E-state index is -3.94. The molecule has 3 N–H and O–H groups in total. The van der Waals surface area contributed by atoms with E-state index in [0.717, 1.165) is 10.4 Å². The van der Waals surface area contributed by atoms with E-state index in [9.17, 15) is 18.0 Å². The summed E-state index contributed by atoms with van der Waals surface area (Å²) >= 11 is 5.83. The summed E-state index contributed by atoms with van der Waals surface area (Å²) in [6, 6.07) is 3.62. The number of carbonyl (C=O) groups is 2. The van der Waals surface area contributed by atoms with Crippen LogP contribution in [-0.4, -0.2) is 42.8 Å². The van der Waals surface area contributed by atoms with Gasteiger partial charge in [-0.3, -0.25) is 9.59 Å². The van der Waals surface area contributed by atoms with Crippen LogP contribution in [0.5, 0.6) is 0 Å². The molecule has 2 atom stereocenters. The molecule has 0 bridgehead atoms. The Kier molecular flexibility index (Phi) is 4.46. The van der Waals surface area contributed by atoms with Crippen LogP contribution in [-0.2, 0) is 14.8 Å². The number of nitrogens with zero attached hydrogens (tertiary/aromatic N) is 1. The highest BCUT2D eigenvalue weighted by atomic mass is 35.5. The number of hydrogen-bond donors (Lipinski definition) is 2. The molecule has 1 amide bonds. The van der Waals surface area contributed by atoms with E-state index in [4.69, 9.17) is 22.4 Å². The molecule has 1 heterocycles.